The molecular weight excluding hydrogens is 318 g/mol. The lowest BCUT2D eigenvalue weighted by Gasteiger charge is -2.19. The average molecular weight is 340 g/mol. The molecule has 0 amide bonds. The van der Waals surface area contributed by atoms with Gasteiger partial charge >= 0.3 is 0 Å². The van der Waals surface area contributed by atoms with E-state index in [-0.39, 0.29) is 5.41 Å². The molecule has 0 spiro atoms. The molecule has 0 unspecified atom stereocenters. The maximum absolute atomic E-state index is 6.33. The van der Waals surface area contributed by atoms with Crippen molar-refractivity contribution in [1.82, 2.24) is 9.97 Å². The van der Waals surface area contributed by atoms with E-state index in [0.29, 0.717) is 10.8 Å². The van der Waals surface area contributed by atoms with Gasteiger partial charge in [-0.1, -0.05) is 56.6 Å². The van der Waals surface area contributed by atoms with Gasteiger partial charge in [0.1, 0.15) is 5.82 Å². The second kappa shape index (κ2) is 6.78. The van der Waals surface area contributed by atoms with Crippen LogP contribution in [0.4, 0.5) is 5.82 Å². The number of hydrogen-bond acceptors (Lipinski definition) is 3. The number of para-hydroxylation sites is 1. The summed E-state index contributed by atoms with van der Waals surface area (Å²) in [7, 11) is 0. The minimum absolute atomic E-state index is 0.279. The van der Waals surface area contributed by atoms with E-state index in [9.17, 15) is 0 Å². The highest BCUT2D eigenvalue weighted by molar-refractivity contribution is 6.33. The maximum Gasteiger partial charge on any atom is 0.163 e. The fourth-order valence-corrected chi connectivity index (χ4v) is 2.75. The first-order chi connectivity index (χ1) is 11.4. The van der Waals surface area contributed by atoms with Crippen molar-refractivity contribution in [2.24, 2.45) is 5.41 Å². The molecule has 0 saturated carbocycles. The van der Waals surface area contributed by atoms with Crippen molar-refractivity contribution in [3.63, 3.8) is 0 Å². The summed E-state index contributed by atoms with van der Waals surface area (Å²) in [6, 6.07) is 15.7. The number of anilines is 1. The first kappa shape index (κ1) is 16.7. The van der Waals surface area contributed by atoms with Crippen LogP contribution in [0.25, 0.3) is 22.3 Å². The van der Waals surface area contributed by atoms with Crippen LogP contribution in [0.3, 0.4) is 0 Å². The van der Waals surface area contributed by atoms with Crippen molar-refractivity contribution in [3.8, 4) is 11.4 Å². The summed E-state index contributed by atoms with van der Waals surface area (Å²) >= 11 is 6.33. The van der Waals surface area contributed by atoms with Crippen LogP contribution in [0.5, 0.6) is 0 Å². The van der Waals surface area contributed by atoms with Crippen LogP contribution in [0.1, 0.15) is 27.2 Å². The zero-order valence-electron chi connectivity index (χ0n) is 14.3. The molecular formula is C20H22ClN3. The molecule has 1 aromatic heterocycles. The van der Waals surface area contributed by atoms with Crippen LogP contribution < -0.4 is 5.32 Å². The number of rotatable bonds is 4. The van der Waals surface area contributed by atoms with Gasteiger partial charge < -0.3 is 5.32 Å². The molecule has 124 valence electrons. The molecule has 0 atom stereocenters. The molecule has 3 aromatic rings. The quantitative estimate of drug-likeness (QED) is 0.652. The Hall–Kier alpha value is -2.13. The van der Waals surface area contributed by atoms with Gasteiger partial charge in [-0.2, -0.15) is 0 Å². The van der Waals surface area contributed by atoms with E-state index in [2.05, 4.69) is 31.1 Å². The molecule has 0 saturated heterocycles. The number of halogens is 1. The zero-order valence-corrected chi connectivity index (χ0v) is 15.1. The largest absolute Gasteiger partial charge is 0.369 e. The van der Waals surface area contributed by atoms with E-state index < -0.39 is 0 Å². The summed E-state index contributed by atoms with van der Waals surface area (Å²) in [5.74, 6) is 1.51. The molecule has 1 heterocycles. The van der Waals surface area contributed by atoms with Crippen molar-refractivity contribution in [1.29, 1.82) is 0 Å². The molecule has 0 radical (unpaired) electrons. The number of hydrogen-bond donors (Lipinski definition) is 1. The summed E-state index contributed by atoms with van der Waals surface area (Å²) < 4.78 is 0. The van der Waals surface area contributed by atoms with E-state index >= 15 is 0 Å². The lowest BCUT2D eigenvalue weighted by atomic mass is 9.92. The normalized spacial score (nSPS) is 11.7. The monoisotopic (exact) mass is 339 g/mol. The van der Waals surface area contributed by atoms with Crippen LogP contribution in [0, 0.1) is 5.41 Å². The van der Waals surface area contributed by atoms with Crippen molar-refractivity contribution in [3.05, 3.63) is 53.6 Å². The Balaban J connectivity index is 2.02. The van der Waals surface area contributed by atoms with Crippen LogP contribution in [0.15, 0.2) is 48.5 Å². The minimum Gasteiger partial charge on any atom is -0.369 e. The Labute approximate surface area is 148 Å². The average Bonchev–Trinajstić information content (AvgIpc) is 2.54. The summed E-state index contributed by atoms with van der Waals surface area (Å²) in [6.07, 6.45) is 1.06. The summed E-state index contributed by atoms with van der Waals surface area (Å²) in [5, 5.41) is 5.17. The molecule has 24 heavy (non-hydrogen) atoms. The van der Waals surface area contributed by atoms with E-state index in [1.165, 1.54) is 0 Å². The molecule has 1 N–H and O–H groups in total. The third-order valence-corrected chi connectivity index (χ3v) is 4.22. The van der Waals surface area contributed by atoms with Gasteiger partial charge in [-0.3, -0.25) is 0 Å². The second-order valence-electron chi connectivity index (χ2n) is 7.13. The van der Waals surface area contributed by atoms with Gasteiger partial charge in [0.2, 0.25) is 0 Å². The third kappa shape index (κ3) is 3.85. The second-order valence-corrected chi connectivity index (χ2v) is 7.54. The van der Waals surface area contributed by atoms with Gasteiger partial charge in [0.15, 0.2) is 5.82 Å². The number of nitrogens with zero attached hydrogens (tertiary/aromatic N) is 2. The summed E-state index contributed by atoms with van der Waals surface area (Å²) in [6.45, 7) is 7.58. The van der Waals surface area contributed by atoms with Crippen LogP contribution in [0.2, 0.25) is 5.02 Å². The van der Waals surface area contributed by atoms with E-state index in [4.69, 9.17) is 16.6 Å². The molecule has 3 nitrogen and oxygen atoms in total. The Morgan fingerprint density at radius 3 is 2.42 bits per heavy atom. The highest BCUT2D eigenvalue weighted by Gasteiger charge is 2.13. The van der Waals surface area contributed by atoms with Crippen molar-refractivity contribution < 1.29 is 0 Å². The van der Waals surface area contributed by atoms with Gasteiger partial charge in [-0.15, -0.1) is 0 Å². The third-order valence-electron chi connectivity index (χ3n) is 3.89. The van der Waals surface area contributed by atoms with E-state index in [1.54, 1.807) is 0 Å². The number of nitrogens with one attached hydrogen (secondary N) is 1. The number of fused-ring (bicyclic) bond motifs is 1. The lowest BCUT2D eigenvalue weighted by molar-refractivity contribution is 0.389. The van der Waals surface area contributed by atoms with Crippen molar-refractivity contribution >= 4 is 28.3 Å². The zero-order chi connectivity index (χ0) is 17.2. The smallest absolute Gasteiger partial charge is 0.163 e. The molecule has 0 aliphatic rings. The standard InChI is InChI=1S/C20H22ClN3/c1-20(2,3)12-13-22-18-15-9-5-7-11-17(15)23-19(24-18)14-8-4-6-10-16(14)21/h4-11H,12-13H2,1-3H3,(H,22,23,24). The van der Waals surface area contributed by atoms with Crippen LogP contribution in [-0.2, 0) is 0 Å². The van der Waals surface area contributed by atoms with E-state index in [1.807, 2.05) is 48.5 Å². The fourth-order valence-electron chi connectivity index (χ4n) is 2.53. The summed E-state index contributed by atoms with van der Waals surface area (Å²) in [4.78, 5) is 9.43. The van der Waals surface area contributed by atoms with Crippen LogP contribution in [-0.4, -0.2) is 16.5 Å². The fraction of sp³-hybridized carbons (Fsp3) is 0.300. The number of benzene rings is 2. The minimum atomic E-state index is 0.279. The number of aromatic nitrogens is 2. The predicted molar refractivity (Wildman–Crippen MR) is 103 cm³/mol. The predicted octanol–water partition coefficient (Wildman–Crippen LogP) is 5.80. The Morgan fingerprint density at radius 2 is 1.67 bits per heavy atom. The van der Waals surface area contributed by atoms with Gasteiger partial charge in [0, 0.05) is 17.5 Å². The Kier molecular flexibility index (Phi) is 4.72. The van der Waals surface area contributed by atoms with Crippen LogP contribution >= 0.6 is 11.6 Å². The molecule has 0 bridgehead atoms. The van der Waals surface area contributed by atoms with Crippen molar-refractivity contribution in [2.75, 3.05) is 11.9 Å². The van der Waals surface area contributed by atoms with Crippen molar-refractivity contribution in [2.45, 2.75) is 27.2 Å². The van der Waals surface area contributed by atoms with Gasteiger partial charge in [0.05, 0.1) is 10.5 Å². The highest BCUT2D eigenvalue weighted by atomic mass is 35.5. The highest BCUT2D eigenvalue weighted by Crippen LogP contribution is 2.29. The molecule has 0 aliphatic carbocycles. The molecule has 4 heteroatoms. The first-order valence-electron chi connectivity index (χ1n) is 8.20. The summed E-state index contributed by atoms with van der Waals surface area (Å²) in [5.41, 5.74) is 2.05. The van der Waals surface area contributed by atoms with Gasteiger partial charge in [0.25, 0.3) is 0 Å². The maximum atomic E-state index is 6.33. The Morgan fingerprint density at radius 1 is 0.958 bits per heavy atom. The van der Waals surface area contributed by atoms with Gasteiger partial charge in [-0.05, 0) is 36.1 Å². The molecule has 3 rings (SSSR count). The first-order valence-corrected chi connectivity index (χ1v) is 8.57. The molecule has 2 aromatic carbocycles. The molecule has 0 aliphatic heterocycles. The Bertz CT molecular complexity index is 853. The SMILES string of the molecule is CC(C)(C)CCNc1nc(-c2ccccc2Cl)nc2ccccc12. The molecule has 0 fully saturated rings. The topological polar surface area (TPSA) is 37.8 Å². The van der Waals surface area contributed by atoms with E-state index in [0.717, 1.165) is 35.2 Å². The lowest BCUT2D eigenvalue weighted by Crippen LogP contribution is -2.14. The van der Waals surface area contributed by atoms with Gasteiger partial charge in [-0.25, -0.2) is 9.97 Å².